The summed E-state index contributed by atoms with van der Waals surface area (Å²) >= 11 is 0. The number of ether oxygens (including phenoxy) is 2. The lowest BCUT2D eigenvalue weighted by molar-refractivity contribution is 0.0182. The molecule has 1 unspecified atom stereocenters. The predicted molar refractivity (Wildman–Crippen MR) is 88.3 cm³/mol. The largest absolute Gasteiger partial charge is 0.381 e. The molecule has 3 fully saturated rings. The minimum absolute atomic E-state index is 0.387. The van der Waals surface area contributed by atoms with Crippen molar-refractivity contribution in [3.8, 4) is 0 Å². The topological polar surface area (TPSA) is 39.5 Å². The van der Waals surface area contributed by atoms with Gasteiger partial charge in [-0.15, -0.1) is 0 Å². The van der Waals surface area contributed by atoms with Gasteiger partial charge in [0.05, 0.1) is 18.9 Å². The lowest BCUT2D eigenvalue weighted by Crippen LogP contribution is -2.41. The standard InChI is InChI=1S/C18H29N3O2/c1-20-10-16(9-19-20)8-17-18(23-13-14-2-3-14)4-6-21(17)11-15-5-7-22-12-15/h9-10,14-15,17-18H,2-8,11-13H2,1H3/t15?,17-,18+/m1/s1. The van der Waals surface area contributed by atoms with Gasteiger partial charge >= 0.3 is 0 Å². The first-order valence-electron chi connectivity index (χ1n) is 9.19. The van der Waals surface area contributed by atoms with Gasteiger partial charge in [0.15, 0.2) is 0 Å². The zero-order valence-corrected chi connectivity index (χ0v) is 14.2. The van der Waals surface area contributed by atoms with Gasteiger partial charge in [-0.3, -0.25) is 9.58 Å². The van der Waals surface area contributed by atoms with Crippen molar-refractivity contribution in [1.29, 1.82) is 0 Å². The van der Waals surface area contributed by atoms with Crippen LogP contribution in [0.15, 0.2) is 12.4 Å². The van der Waals surface area contributed by atoms with Gasteiger partial charge in [0.1, 0.15) is 0 Å². The van der Waals surface area contributed by atoms with Crippen LogP contribution in [0, 0.1) is 11.8 Å². The van der Waals surface area contributed by atoms with Crippen molar-refractivity contribution in [3.05, 3.63) is 18.0 Å². The number of hydrogen-bond acceptors (Lipinski definition) is 4. The smallest absolute Gasteiger partial charge is 0.0745 e. The van der Waals surface area contributed by atoms with Crippen LogP contribution in [-0.2, 0) is 22.9 Å². The monoisotopic (exact) mass is 319 g/mol. The van der Waals surface area contributed by atoms with Crippen LogP contribution in [-0.4, -0.2) is 59.7 Å². The molecule has 1 aliphatic carbocycles. The van der Waals surface area contributed by atoms with Crippen molar-refractivity contribution in [2.24, 2.45) is 18.9 Å². The molecular formula is C18H29N3O2. The fourth-order valence-electron chi connectivity index (χ4n) is 3.99. The van der Waals surface area contributed by atoms with Gasteiger partial charge in [0, 0.05) is 45.6 Å². The number of rotatable bonds is 7. The summed E-state index contributed by atoms with van der Waals surface area (Å²) in [6.45, 7) is 5.16. The highest BCUT2D eigenvalue weighted by Crippen LogP contribution is 2.32. The van der Waals surface area contributed by atoms with Crippen LogP contribution in [0.5, 0.6) is 0 Å². The summed E-state index contributed by atoms with van der Waals surface area (Å²) in [4.78, 5) is 2.66. The van der Waals surface area contributed by atoms with Crippen LogP contribution < -0.4 is 0 Å². The molecule has 5 nitrogen and oxygen atoms in total. The maximum atomic E-state index is 6.31. The number of aromatic nitrogens is 2. The Labute approximate surface area is 138 Å². The van der Waals surface area contributed by atoms with Gasteiger partial charge < -0.3 is 9.47 Å². The first-order chi connectivity index (χ1) is 11.3. The molecule has 128 valence electrons. The minimum Gasteiger partial charge on any atom is -0.381 e. The van der Waals surface area contributed by atoms with Crippen molar-refractivity contribution < 1.29 is 9.47 Å². The first kappa shape index (κ1) is 15.6. The molecule has 3 heterocycles. The molecule has 0 N–H and O–H groups in total. The Hall–Kier alpha value is -0.910. The molecule has 1 aromatic heterocycles. The van der Waals surface area contributed by atoms with Crippen LogP contribution in [0.1, 0.15) is 31.2 Å². The second-order valence-electron chi connectivity index (χ2n) is 7.62. The zero-order valence-electron chi connectivity index (χ0n) is 14.2. The van der Waals surface area contributed by atoms with E-state index in [1.807, 2.05) is 17.9 Å². The third kappa shape index (κ3) is 3.95. The highest BCUT2D eigenvalue weighted by molar-refractivity contribution is 5.09. The first-order valence-corrected chi connectivity index (χ1v) is 9.19. The number of aryl methyl sites for hydroxylation is 1. The summed E-state index contributed by atoms with van der Waals surface area (Å²) in [5.74, 6) is 1.54. The van der Waals surface area contributed by atoms with Crippen LogP contribution in [0.4, 0.5) is 0 Å². The van der Waals surface area contributed by atoms with Gasteiger partial charge in [0.2, 0.25) is 0 Å². The lowest BCUT2D eigenvalue weighted by atomic mass is 10.0. The van der Waals surface area contributed by atoms with Gasteiger partial charge in [0.25, 0.3) is 0 Å². The maximum absolute atomic E-state index is 6.31. The highest BCUT2D eigenvalue weighted by Gasteiger charge is 2.37. The quantitative estimate of drug-likeness (QED) is 0.769. The Bertz CT molecular complexity index is 508. The number of nitrogens with zero attached hydrogens (tertiary/aromatic N) is 3. The van der Waals surface area contributed by atoms with E-state index in [0.29, 0.717) is 18.1 Å². The number of hydrogen-bond donors (Lipinski definition) is 0. The molecule has 1 aromatic rings. The maximum Gasteiger partial charge on any atom is 0.0745 e. The van der Waals surface area contributed by atoms with Crippen molar-refractivity contribution in [3.63, 3.8) is 0 Å². The molecule has 23 heavy (non-hydrogen) atoms. The second kappa shape index (κ2) is 6.91. The molecule has 0 radical (unpaired) electrons. The Morgan fingerprint density at radius 1 is 1.26 bits per heavy atom. The molecular weight excluding hydrogens is 290 g/mol. The van der Waals surface area contributed by atoms with Gasteiger partial charge in [-0.1, -0.05) is 0 Å². The normalized spacial score (nSPS) is 32.0. The van der Waals surface area contributed by atoms with Gasteiger partial charge in [-0.05, 0) is 49.5 Å². The van der Waals surface area contributed by atoms with Crippen molar-refractivity contribution >= 4 is 0 Å². The molecule has 0 amide bonds. The predicted octanol–water partition coefficient (Wildman–Crippen LogP) is 1.87. The third-order valence-corrected chi connectivity index (χ3v) is 5.56. The molecule has 0 spiro atoms. The average Bonchev–Trinajstić information content (AvgIpc) is 2.92. The van der Waals surface area contributed by atoms with Gasteiger partial charge in [-0.25, -0.2) is 0 Å². The van der Waals surface area contributed by atoms with E-state index in [4.69, 9.17) is 9.47 Å². The second-order valence-corrected chi connectivity index (χ2v) is 7.62. The average molecular weight is 319 g/mol. The fraction of sp³-hybridized carbons (Fsp3) is 0.833. The molecule has 3 atom stereocenters. The van der Waals surface area contributed by atoms with Crippen molar-refractivity contribution in [1.82, 2.24) is 14.7 Å². The van der Waals surface area contributed by atoms with E-state index in [9.17, 15) is 0 Å². The summed E-state index contributed by atoms with van der Waals surface area (Å²) in [7, 11) is 1.99. The van der Waals surface area contributed by atoms with E-state index in [0.717, 1.165) is 45.2 Å². The summed E-state index contributed by atoms with van der Waals surface area (Å²) in [6, 6.07) is 0.499. The molecule has 5 heteroatoms. The minimum atomic E-state index is 0.387. The number of likely N-dealkylation sites (tertiary alicyclic amines) is 1. The lowest BCUT2D eigenvalue weighted by Gasteiger charge is -2.29. The van der Waals surface area contributed by atoms with E-state index in [1.165, 1.54) is 31.2 Å². The van der Waals surface area contributed by atoms with Crippen LogP contribution in [0.3, 0.4) is 0 Å². The van der Waals surface area contributed by atoms with Crippen molar-refractivity contribution in [2.45, 2.75) is 44.2 Å². The van der Waals surface area contributed by atoms with Crippen LogP contribution in [0.2, 0.25) is 0 Å². The Balaban J connectivity index is 1.40. The summed E-state index contributed by atoms with van der Waals surface area (Å²) in [6.07, 6.45) is 10.7. The highest BCUT2D eigenvalue weighted by atomic mass is 16.5. The summed E-state index contributed by atoms with van der Waals surface area (Å²) in [5.41, 5.74) is 1.33. The van der Waals surface area contributed by atoms with E-state index < -0.39 is 0 Å². The fourth-order valence-corrected chi connectivity index (χ4v) is 3.99. The molecule has 0 aromatic carbocycles. The van der Waals surface area contributed by atoms with E-state index in [-0.39, 0.29) is 0 Å². The van der Waals surface area contributed by atoms with Gasteiger partial charge in [-0.2, -0.15) is 5.10 Å². The summed E-state index contributed by atoms with van der Waals surface area (Å²) in [5, 5.41) is 4.33. The van der Waals surface area contributed by atoms with E-state index in [2.05, 4.69) is 16.2 Å². The van der Waals surface area contributed by atoms with E-state index in [1.54, 1.807) is 0 Å². The molecule has 1 saturated carbocycles. The molecule has 4 rings (SSSR count). The summed E-state index contributed by atoms with van der Waals surface area (Å²) < 4.78 is 13.8. The van der Waals surface area contributed by atoms with E-state index >= 15 is 0 Å². The molecule has 2 aliphatic heterocycles. The van der Waals surface area contributed by atoms with Crippen LogP contribution >= 0.6 is 0 Å². The van der Waals surface area contributed by atoms with Crippen molar-refractivity contribution in [2.75, 3.05) is 32.9 Å². The Kier molecular flexibility index (Phi) is 4.69. The Morgan fingerprint density at radius 3 is 2.87 bits per heavy atom. The Morgan fingerprint density at radius 2 is 2.17 bits per heavy atom. The third-order valence-electron chi connectivity index (χ3n) is 5.56. The molecule has 3 aliphatic rings. The SMILES string of the molecule is Cn1cc(C[C@@H]2[C@@H](OCC3CC3)CCN2CC2CCOC2)cn1. The molecule has 0 bridgehead atoms. The zero-order chi connectivity index (χ0) is 15.6. The van der Waals surface area contributed by atoms with Crippen LogP contribution in [0.25, 0.3) is 0 Å². The molecule has 2 saturated heterocycles.